The van der Waals surface area contributed by atoms with Crippen LogP contribution in [0.2, 0.25) is 0 Å². The van der Waals surface area contributed by atoms with Crippen molar-refractivity contribution in [2.45, 2.75) is 81.1 Å². The Bertz CT molecular complexity index is 1610. The SMILES string of the molecule is C=Cc1ccc(CC(=O)C2(C(=O)Cc3ccc(F)cc3)CC2)cc1.CC.CC.CC(=O)c1cc2c(C)ccc(C)c2cc1C.[HH].[HH].[HH]. The maximum atomic E-state index is 12.9. The number of carbonyl (C=O) groups is 3. The molecule has 0 saturated heterocycles. The van der Waals surface area contributed by atoms with Gasteiger partial charge < -0.3 is 0 Å². The zero-order valence-corrected chi connectivity index (χ0v) is 27.6. The molecule has 0 heterocycles. The van der Waals surface area contributed by atoms with Gasteiger partial charge in [0.1, 0.15) is 5.82 Å². The number of rotatable bonds is 8. The Morgan fingerprint density at radius 1 is 0.727 bits per heavy atom. The van der Waals surface area contributed by atoms with Crippen LogP contribution in [0.5, 0.6) is 0 Å². The van der Waals surface area contributed by atoms with Gasteiger partial charge in [-0.2, -0.15) is 0 Å². The average Bonchev–Trinajstić information content (AvgIpc) is 3.85. The summed E-state index contributed by atoms with van der Waals surface area (Å²) in [7, 11) is 0. The number of benzene rings is 4. The van der Waals surface area contributed by atoms with Gasteiger partial charge in [0, 0.05) is 22.7 Å². The summed E-state index contributed by atoms with van der Waals surface area (Å²) in [5, 5.41) is 2.44. The van der Waals surface area contributed by atoms with Crippen molar-refractivity contribution in [3.63, 3.8) is 0 Å². The van der Waals surface area contributed by atoms with Crippen LogP contribution in [0.15, 0.2) is 79.4 Å². The predicted octanol–water partition coefficient (Wildman–Crippen LogP) is 10.9. The summed E-state index contributed by atoms with van der Waals surface area (Å²) >= 11 is 0. The number of aryl methyl sites for hydroxylation is 3. The van der Waals surface area contributed by atoms with E-state index in [0.717, 1.165) is 27.8 Å². The van der Waals surface area contributed by atoms with Crippen LogP contribution in [0, 0.1) is 32.0 Å². The van der Waals surface area contributed by atoms with Gasteiger partial charge in [0.05, 0.1) is 5.41 Å². The molecule has 5 rings (SSSR count). The number of hydrogen-bond donors (Lipinski definition) is 0. The van der Waals surface area contributed by atoms with E-state index in [4.69, 9.17) is 0 Å². The number of fused-ring (bicyclic) bond motifs is 1. The second-order valence-electron chi connectivity index (χ2n) is 10.8. The second kappa shape index (κ2) is 16.6. The van der Waals surface area contributed by atoms with Gasteiger partial charge in [-0.15, -0.1) is 0 Å². The summed E-state index contributed by atoms with van der Waals surface area (Å²) in [6.45, 7) is 19.5. The van der Waals surface area contributed by atoms with Crippen LogP contribution in [0.4, 0.5) is 4.39 Å². The van der Waals surface area contributed by atoms with Crippen LogP contribution < -0.4 is 0 Å². The van der Waals surface area contributed by atoms with E-state index in [1.54, 1.807) is 25.1 Å². The summed E-state index contributed by atoms with van der Waals surface area (Å²) in [5.41, 5.74) is 6.21. The molecule has 0 aromatic heterocycles. The molecule has 4 aromatic carbocycles. The van der Waals surface area contributed by atoms with E-state index < -0.39 is 5.41 Å². The highest BCUT2D eigenvalue weighted by molar-refractivity contribution is 6.11. The van der Waals surface area contributed by atoms with Gasteiger partial charge in [0.15, 0.2) is 17.3 Å². The zero-order valence-electron chi connectivity index (χ0n) is 27.6. The molecule has 4 heteroatoms. The number of hydrogen-bond acceptors (Lipinski definition) is 3. The first kappa shape index (κ1) is 36.0. The zero-order chi connectivity index (χ0) is 33.0. The molecule has 0 bridgehead atoms. The molecule has 0 N–H and O–H groups in total. The second-order valence-corrected chi connectivity index (χ2v) is 10.8. The molecule has 0 atom stereocenters. The average molecular weight is 601 g/mol. The Morgan fingerprint density at radius 3 is 1.57 bits per heavy atom. The first-order valence-corrected chi connectivity index (χ1v) is 15.6. The Morgan fingerprint density at radius 2 is 1.16 bits per heavy atom. The lowest BCUT2D eigenvalue weighted by Gasteiger charge is -2.13. The first-order valence-electron chi connectivity index (χ1n) is 15.6. The van der Waals surface area contributed by atoms with Crippen molar-refractivity contribution >= 4 is 34.2 Å². The van der Waals surface area contributed by atoms with E-state index in [0.29, 0.717) is 12.8 Å². The smallest absolute Gasteiger partial charge is 0.160 e. The van der Waals surface area contributed by atoms with E-state index >= 15 is 0 Å². The highest BCUT2D eigenvalue weighted by atomic mass is 19.1. The Balaban J connectivity index is 0. The summed E-state index contributed by atoms with van der Waals surface area (Å²) in [4.78, 5) is 36.7. The van der Waals surface area contributed by atoms with Crippen molar-refractivity contribution in [2.24, 2.45) is 5.41 Å². The fourth-order valence-corrected chi connectivity index (χ4v) is 5.09. The monoisotopic (exact) mass is 600 g/mol. The maximum absolute atomic E-state index is 12.9. The van der Waals surface area contributed by atoms with Crippen LogP contribution in [0.1, 0.15) is 95.5 Å². The number of ketones is 3. The third-order valence-electron chi connectivity index (χ3n) is 7.85. The lowest BCUT2D eigenvalue weighted by molar-refractivity contribution is -0.133. The predicted molar refractivity (Wildman–Crippen MR) is 189 cm³/mol. The van der Waals surface area contributed by atoms with Crippen LogP contribution >= 0.6 is 0 Å². The molecule has 0 aliphatic heterocycles. The van der Waals surface area contributed by atoms with Gasteiger partial charge in [-0.25, -0.2) is 4.39 Å². The van der Waals surface area contributed by atoms with Crippen molar-refractivity contribution in [3.8, 4) is 0 Å². The molecule has 238 valence electrons. The van der Waals surface area contributed by atoms with E-state index in [9.17, 15) is 18.8 Å². The normalized spacial score (nSPS) is 12.3. The van der Waals surface area contributed by atoms with Crippen LogP contribution in [-0.2, 0) is 22.4 Å². The summed E-state index contributed by atoms with van der Waals surface area (Å²) in [6, 6.07) is 21.9. The third kappa shape index (κ3) is 8.92. The highest BCUT2D eigenvalue weighted by Gasteiger charge is 2.54. The molecule has 0 spiro atoms. The number of halogens is 1. The minimum Gasteiger partial charge on any atom is -0.298 e. The molecule has 1 fully saturated rings. The molecule has 44 heavy (non-hydrogen) atoms. The van der Waals surface area contributed by atoms with Gasteiger partial charge in [0.25, 0.3) is 0 Å². The molecule has 0 unspecified atom stereocenters. The Kier molecular flexibility index (Phi) is 13.6. The standard InChI is InChI=1S/C21H19FO2.C15H16O.2C2H6.3H2/c1-2-15-3-5-16(6-4-15)13-19(23)21(11-12-21)20(24)14-17-7-9-18(22)10-8-17;1-9-5-6-10(2)15-8-13(12(4)16)11(3)7-14(9)15;2*1-2;;;/h2-10H,1,11-14H2;5-8H,1-4H3;2*1-2H3;3*1H. The molecule has 3 nitrogen and oxygen atoms in total. The quantitative estimate of drug-likeness (QED) is 0.149. The fourth-order valence-electron chi connectivity index (χ4n) is 5.09. The van der Waals surface area contributed by atoms with Gasteiger partial charge in [0.2, 0.25) is 0 Å². The molecular weight excluding hydrogens is 547 g/mol. The van der Waals surface area contributed by atoms with Crippen LogP contribution in [0.25, 0.3) is 16.8 Å². The minimum atomic E-state index is -0.828. The topological polar surface area (TPSA) is 51.2 Å². The minimum absolute atomic E-state index is 0. The highest BCUT2D eigenvalue weighted by Crippen LogP contribution is 2.48. The van der Waals surface area contributed by atoms with Crippen molar-refractivity contribution in [1.82, 2.24) is 0 Å². The van der Waals surface area contributed by atoms with Crippen LogP contribution in [-0.4, -0.2) is 17.3 Å². The third-order valence-corrected chi connectivity index (χ3v) is 7.85. The molecular formula is C40H53FO3. The molecule has 1 saturated carbocycles. The fraction of sp³-hybridized carbons (Fsp3) is 0.325. The maximum Gasteiger partial charge on any atom is 0.160 e. The van der Waals surface area contributed by atoms with E-state index in [1.165, 1.54) is 34.0 Å². The van der Waals surface area contributed by atoms with Crippen molar-refractivity contribution < 1.29 is 23.1 Å². The van der Waals surface area contributed by atoms with Crippen molar-refractivity contribution in [2.75, 3.05) is 0 Å². The first-order chi connectivity index (χ1) is 21.0. The Hall–Kier alpha value is -4.18. The number of Topliss-reactive ketones (excluding diaryl/α,β-unsaturated/α-hetero) is 3. The van der Waals surface area contributed by atoms with Gasteiger partial charge >= 0.3 is 0 Å². The van der Waals surface area contributed by atoms with Gasteiger partial charge in [-0.05, 0) is 103 Å². The van der Waals surface area contributed by atoms with E-state index in [2.05, 4.69) is 38.6 Å². The molecule has 1 aliphatic carbocycles. The van der Waals surface area contributed by atoms with E-state index in [-0.39, 0.29) is 40.3 Å². The summed E-state index contributed by atoms with van der Waals surface area (Å²) in [5.74, 6) is -0.255. The van der Waals surface area contributed by atoms with E-state index in [1.807, 2.05) is 65.0 Å². The van der Waals surface area contributed by atoms with Crippen LogP contribution in [0.3, 0.4) is 0 Å². The van der Waals surface area contributed by atoms with Crippen molar-refractivity contribution in [1.29, 1.82) is 0 Å². The lowest BCUT2D eigenvalue weighted by atomic mass is 9.88. The largest absolute Gasteiger partial charge is 0.298 e. The number of carbonyl (C=O) groups excluding carboxylic acids is 3. The summed E-state index contributed by atoms with van der Waals surface area (Å²) in [6.07, 6.45) is 3.45. The van der Waals surface area contributed by atoms with Crippen molar-refractivity contribution in [3.05, 3.63) is 124 Å². The molecule has 0 amide bonds. The molecule has 1 aliphatic rings. The molecule has 4 aromatic rings. The summed E-state index contributed by atoms with van der Waals surface area (Å²) < 4.78 is 12.9. The lowest BCUT2D eigenvalue weighted by Crippen LogP contribution is -2.28. The van der Waals surface area contributed by atoms with Gasteiger partial charge in [-0.1, -0.05) is 94.9 Å². The van der Waals surface area contributed by atoms with Gasteiger partial charge in [-0.3, -0.25) is 14.4 Å². The Labute approximate surface area is 267 Å². The molecule has 0 radical (unpaired) electrons.